The van der Waals surface area contributed by atoms with Crippen molar-refractivity contribution in [2.75, 3.05) is 4.72 Å². The third-order valence-corrected chi connectivity index (χ3v) is 5.52. The van der Waals surface area contributed by atoms with Gasteiger partial charge in [-0.15, -0.1) is 0 Å². The van der Waals surface area contributed by atoms with Crippen LogP contribution in [0.1, 0.15) is 5.69 Å². The monoisotopic (exact) mass is 400 g/mol. The van der Waals surface area contributed by atoms with Crippen LogP contribution in [0.2, 0.25) is 0 Å². The number of hydrogen-bond acceptors (Lipinski definition) is 4. The SMILES string of the molecule is Cc1cc2c(-c3ccc(NS(=O)(=O)c4cccc(F)c4)c(F)c3)ncnc2[nH]1. The van der Waals surface area contributed by atoms with Gasteiger partial charge >= 0.3 is 0 Å². The van der Waals surface area contributed by atoms with Crippen molar-refractivity contribution in [3.8, 4) is 11.3 Å². The van der Waals surface area contributed by atoms with Gasteiger partial charge in [-0.25, -0.2) is 27.2 Å². The smallest absolute Gasteiger partial charge is 0.262 e. The molecule has 0 aliphatic carbocycles. The first-order chi connectivity index (χ1) is 13.3. The summed E-state index contributed by atoms with van der Waals surface area (Å²) in [5.74, 6) is -1.48. The van der Waals surface area contributed by atoms with Crippen molar-refractivity contribution < 1.29 is 17.2 Å². The van der Waals surface area contributed by atoms with Crippen LogP contribution in [0.5, 0.6) is 0 Å². The van der Waals surface area contributed by atoms with E-state index >= 15 is 0 Å². The van der Waals surface area contributed by atoms with E-state index < -0.39 is 21.7 Å². The van der Waals surface area contributed by atoms with Crippen LogP contribution < -0.4 is 4.72 Å². The minimum absolute atomic E-state index is 0.247. The first-order valence-corrected chi connectivity index (χ1v) is 9.70. The van der Waals surface area contributed by atoms with E-state index in [4.69, 9.17) is 0 Å². The second kappa shape index (κ2) is 6.68. The Bertz CT molecular complexity index is 1300. The lowest BCUT2D eigenvalue weighted by atomic mass is 10.1. The number of hydrogen-bond donors (Lipinski definition) is 2. The molecule has 0 saturated heterocycles. The van der Waals surface area contributed by atoms with Gasteiger partial charge in [-0.3, -0.25) is 4.72 Å². The number of fused-ring (bicyclic) bond motifs is 1. The highest BCUT2D eigenvalue weighted by Gasteiger charge is 2.18. The Morgan fingerprint density at radius 1 is 1.04 bits per heavy atom. The summed E-state index contributed by atoms with van der Waals surface area (Å²) in [4.78, 5) is 11.1. The summed E-state index contributed by atoms with van der Waals surface area (Å²) in [5, 5.41) is 0.729. The molecule has 2 heterocycles. The number of benzene rings is 2. The quantitative estimate of drug-likeness (QED) is 0.542. The van der Waals surface area contributed by atoms with Crippen molar-refractivity contribution in [1.29, 1.82) is 0 Å². The van der Waals surface area contributed by atoms with Gasteiger partial charge in [-0.1, -0.05) is 12.1 Å². The van der Waals surface area contributed by atoms with Crippen LogP contribution >= 0.6 is 0 Å². The van der Waals surface area contributed by atoms with Crippen LogP contribution in [0.25, 0.3) is 22.3 Å². The Morgan fingerprint density at radius 2 is 1.86 bits per heavy atom. The summed E-state index contributed by atoms with van der Waals surface area (Å²) in [7, 11) is -4.13. The number of aromatic amines is 1. The topological polar surface area (TPSA) is 87.7 Å². The van der Waals surface area contributed by atoms with Crippen molar-refractivity contribution in [2.45, 2.75) is 11.8 Å². The first kappa shape index (κ1) is 18.1. The largest absolute Gasteiger partial charge is 0.343 e. The molecule has 4 rings (SSSR count). The minimum Gasteiger partial charge on any atom is -0.343 e. The van der Waals surface area contributed by atoms with E-state index in [2.05, 4.69) is 19.7 Å². The zero-order valence-electron chi connectivity index (χ0n) is 14.6. The molecule has 0 bridgehead atoms. The molecule has 0 atom stereocenters. The molecule has 142 valence electrons. The minimum atomic E-state index is -4.13. The Balaban J connectivity index is 1.70. The van der Waals surface area contributed by atoms with Crippen molar-refractivity contribution in [3.05, 3.63) is 72.2 Å². The van der Waals surface area contributed by atoms with Crippen LogP contribution in [0.15, 0.2) is 59.8 Å². The fourth-order valence-electron chi connectivity index (χ4n) is 2.88. The molecule has 9 heteroatoms. The van der Waals surface area contributed by atoms with Crippen molar-refractivity contribution in [1.82, 2.24) is 15.0 Å². The van der Waals surface area contributed by atoms with Crippen molar-refractivity contribution in [3.63, 3.8) is 0 Å². The summed E-state index contributed by atoms with van der Waals surface area (Å²) in [6, 6.07) is 10.4. The Labute approximate surface area is 159 Å². The molecular formula is C19H14F2N4O2S. The van der Waals surface area contributed by atoms with Crippen LogP contribution in [-0.2, 0) is 10.0 Å². The van der Waals surface area contributed by atoms with Crippen LogP contribution in [0, 0.1) is 18.6 Å². The third kappa shape index (κ3) is 3.31. The molecule has 2 N–H and O–H groups in total. The van der Waals surface area contributed by atoms with E-state index in [1.165, 1.54) is 30.6 Å². The number of rotatable bonds is 4. The maximum Gasteiger partial charge on any atom is 0.262 e. The summed E-state index contributed by atoms with van der Waals surface area (Å²) in [6.07, 6.45) is 1.37. The average molecular weight is 400 g/mol. The molecule has 28 heavy (non-hydrogen) atoms. The van der Waals surface area contributed by atoms with Gasteiger partial charge in [0.2, 0.25) is 0 Å². The highest BCUT2D eigenvalue weighted by atomic mass is 32.2. The highest BCUT2D eigenvalue weighted by Crippen LogP contribution is 2.29. The molecule has 4 aromatic rings. The molecule has 0 unspecified atom stereocenters. The number of aromatic nitrogens is 3. The van der Waals surface area contributed by atoms with Gasteiger partial charge in [0, 0.05) is 16.6 Å². The second-order valence-electron chi connectivity index (χ2n) is 6.19. The maximum absolute atomic E-state index is 14.6. The normalized spacial score (nSPS) is 11.7. The van der Waals surface area contributed by atoms with E-state index in [1.54, 1.807) is 6.07 Å². The molecule has 0 fully saturated rings. The lowest BCUT2D eigenvalue weighted by molar-refractivity contribution is 0.593. The predicted molar refractivity (Wildman–Crippen MR) is 101 cm³/mol. The molecule has 0 radical (unpaired) electrons. The summed E-state index contributed by atoms with van der Waals surface area (Å²) in [5.41, 5.74) is 2.25. The fraction of sp³-hybridized carbons (Fsp3) is 0.0526. The predicted octanol–water partition coefficient (Wildman–Crippen LogP) is 4.01. The summed E-state index contributed by atoms with van der Waals surface area (Å²) < 4.78 is 54.8. The molecule has 2 aromatic carbocycles. The second-order valence-corrected chi connectivity index (χ2v) is 7.88. The number of anilines is 1. The van der Waals surface area contributed by atoms with Gasteiger partial charge in [0.15, 0.2) is 0 Å². The Morgan fingerprint density at radius 3 is 2.61 bits per heavy atom. The third-order valence-electron chi connectivity index (χ3n) is 4.15. The fourth-order valence-corrected chi connectivity index (χ4v) is 3.98. The summed E-state index contributed by atoms with van der Waals surface area (Å²) in [6.45, 7) is 1.87. The van der Waals surface area contributed by atoms with Crippen molar-refractivity contribution >= 4 is 26.7 Å². The van der Waals surface area contributed by atoms with Crippen LogP contribution in [0.3, 0.4) is 0 Å². The number of nitrogens with one attached hydrogen (secondary N) is 2. The van der Waals surface area contributed by atoms with E-state index in [0.717, 1.165) is 23.2 Å². The first-order valence-electron chi connectivity index (χ1n) is 8.22. The highest BCUT2D eigenvalue weighted by molar-refractivity contribution is 7.92. The molecule has 0 saturated carbocycles. The van der Waals surface area contributed by atoms with E-state index in [-0.39, 0.29) is 10.6 Å². The van der Waals surface area contributed by atoms with E-state index in [0.29, 0.717) is 16.9 Å². The van der Waals surface area contributed by atoms with Crippen LogP contribution in [-0.4, -0.2) is 23.4 Å². The number of halogens is 2. The molecule has 0 aliphatic rings. The maximum atomic E-state index is 14.6. The van der Waals surface area contributed by atoms with Gasteiger partial charge in [-0.05, 0) is 43.3 Å². The van der Waals surface area contributed by atoms with Gasteiger partial charge in [0.05, 0.1) is 16.3 Å². The number of nitrogens with zero attached hydrogens (tertiary/aromatic N) is 2. The van der Waals surface area contributed by atoms with Gasteiger partial charge < -0.3 is 4.98 Å². The van der Waals surface area contributed by atoms with Crippen LogP contribution in [0.4, 0.5) is 14.5 Å². The van der Waals surface area contributed by atoms with E-state index in [1.807, 2.05) is 13.0 Å². The standard InChI is InChI=1S/C19H14F2N4O2S/c1-11-7-15-18(22-10-23-19(15)24-11)12-5-6-17(16(21)8-12)25-28(26,27)14-4-2-3-13(20)9-14/h2-10,25H,1H3,(H,22,23,24). The van der Waals surface area contributed by atoms with Gasteiger partial charge in [0.25, 0.3) is 10.0 Å². The zero-order valence-corrected chi connectivity index (χ0v) is 15.4. The van der Waals surface area contributed by atoms with Gasteiger partial charge in [0.1, 0.15) is 23.6 Å². The lowest BCUT2D eigenvalue weighted by Crippen LogP contribution is -2.14. The number of aryl methyl sites for hydroxylation is 1. The molecule has 0 spiro atoms. The molecule has 6 nitrogen and oxygen atoms in total. The molecule has 2 aromatic heterocycles. The zero-order chi connectivity index (χ0) is 19.9. The molecule has 0 aliphatic heterocycles. The van der Waals surface area contributed by atoms with Crippen molar-refractivity contribution in [2.24, 2.45) is 0 Å². The Kier molecular flexibility index (Phi) is 4.31. The lowest BCUT2D eigenvalue weighted by Gasteiger charge is -2.10. The summed E-state index contributed by atoms with van der Waals surface area (Å²) >= 11 is 0. The number of H-pyrrole nitrogens is 1. The molecule has 0 amide bonds. The Hall–Kier alpha value is -3.33. The average Bonchev–Trinajstić information content (AvgIpc) is 3.03. The van der Waals surface area contributed by atoms with Gasteiger partial charge in [-0.2, -0.15) is 0 Å². The van der Waals surface area contributed by atoms with E-state index in [9.17, 15) is 17.2 Å². The number of sulfonamides is 1. The molecular weight excluding hydrogens is 386 g/mol.